The van der Waals surface area contributed by atoms with Crippen molar-refractivity contribution in [2.45, 2.75) is 94.0 Å². The van der Waals surface area contributed by atoms with Gasteiger partial charge in [-0.2, -0.15) is 4.31 Å². The maximum Gasteiger partial charge on any atom is 0.410 e. The lowest BCUT2D eigenvalue weighted by Gasteiger charge is -2.46. The fourth-order valence-corrected chi connectivity index (χ4v) is 7.99. The predicted molar refractivity (Wildman–Crippen MR) is 142 cm³/mol. The minimum Gasteiger partial charge on any atom is -0.441 e. The Bertz CT molecular complexity index is 1150. The molecule has 5 rings (SSSR count). The van der Waals surface area contributed by atoms with E-state index in [2.05, 4.69) is 0 Å². The molecule has 11 heteroatoms. The van der Waals surface area contributed by atoms with Gasteiger partial charge in [0, 0.05) is 37.1 Å². The molecule has 1 aromatic rings. The lowest BCUT2D eigenvalue weighted by Crippen LogP contribution is -2.63. The zero-order valence-corrected chi connectivity index (χ0v) is 23.9. The first-order valence-electron chi connectivity index (χ1n) is 13.7. The highest BCUT2D eigenvalue weighted by atomic mass is 35.5. The molecule has 2 aliphatic heterocycles. The van der Waals surface area contributed by atoms with Crippen LogP contribution in [0, 0.1) is 5.92 Å². The number of hydrogen-bond acceptors (Lipinski definition) is 6. The number of benzene rings is 1. The fourth-order valence-electron chi connectivity index (χ4n) is 6.01. The monoisotopic (exact) mass is 567 g/mol. The SMILES string of the molecule is CC[C@H]1CN(C(C)=O)[C@H](C)CN1C(=O)OC1([C@H]2COC[C@@H](CC3CC3)N2S(=O)(=O)c2ccc(Cl)cc2)CC1. The number of rotatable bonds is 7. The molecule has 210 valence electrons. The number of carbonyl (C=O) groups is 2. The maximum atomic E-state index is 14.1. The van der Waals surface area contributed by atoms with Gasteiger partial charge in [-0.05, 0) is 62.8 Å². The molecule has 9 nitrogen and oxygen atoms in total. The fraction of sp³-hybridized carbons (Fsp3) is 0.704. The van der Waals surface area contributed by atoms with Crippen LogP contribution in [0.25, 0.3) is 0 Å². The quantitative estimate of drug-likeness (QED) is 0.496. The molecule has 4 atom stereocenters. The van der Waals surface area contributed by atoms with Crippen LogP contribution in [0.5, 0.6) is 0 Å². The highest BCUT2D eigenvalue weighted by molar-refractivity contribution is 7.89. The van der Waals surface area contributed by atoms with Gasteiger partial charge in [0.15, 0.2) is 0 Å². The van der Waals surface area contributed by atoms with Gasteiger partial charge in [0.1, 0.15) is 5.60 Å². The van der Waals surface area contributed by atoms with E-state index in [4.69, 9.17) is 21.1 Å². The summed E-state index contributed by atoms with van der Waals surface area (Å²) in [6, 6.07) is 5.02. The van der Waals surface area contributed by atoms with E-state index in [0.29, 0.717) is 49.9 Å². The second-order valence-corrected chi connectivity index (χ2v) is 13.6. The molecule has 2 heterocycles. The normalized spacial score (nSPS) is 29.7. The lowest BCUT2D eigenvalue weighted by atomic mass is 10.0. The molecule has 4 aliphatic rings. The lowest BCUT2D eigenvalue weighted by molar-refractivity contribution is -0.135. The Hall–Kier alpha value is -1.88. The number of piperazine rings is 1. The average molecular weight is 568 g/mol. The molecule has 2 amide bonds. The number of carbonyl (C=O) groups excluding carboxylic acids is 2. The highest BCUT2D eigenvalue weighted by Gasteiger charge is 2.61. The number of sulfonamides is 1. The third-order valence-electron chi connectivity index (χ3n) is 8.54. The number of halogens is 1. The predicted octanol–water partition coefficient (Wildman–Crippen LogP) is 3.90. The molecular weight excluding hydrogens is 530 g/mol. The van der Waals surface area contributed by atoms with Gasteiger partial charge in [-0.3, -0.25) is 4.79 Å². The van der Waals surface area contributed by atoms with E-state index < -0.39 is 27.8 Å². The summed E-state index contributed by atoms with van der Waals surface area (Å²) in [5, 5.41) is 0.467. The molecule has 0 bridgehead atoms. The molecule has 2 aliphatic carbocycles. The molecule has 38 heavy (non-hydrogen) atoms. The molecule has 0 aromatic heterocycles. The van der Waals surface area contributed by atoms with Crippen LogP contribution in [-0.4, -0.2) is 90.6 Å². The zero-order valence-electron chi connectivity index (χ0n) is 22.3. The van der Waals surface area contributed by atoms with Gasteiger partial charge in [-0.1, -0.05) is 31.4 Å². The zero-order chi connectivity index (χ0) is 27.2. The van der Waals surface area contributed by atoms with E-state index in [-0.39, 0.29) is 35.5 Å². The van der Waals surface area contributed by atoms with Crippen LogP contribution >= 0.6 is 11.6 Å². The molecule has 0 radical (unpaired) electrons. The van der Waals surface area contributed by atoms with Crippen molar-refractivity contribution < 1.29 is 27.5 Å². The van der Waals surface area contributed by atoms with Gasteiger partial charge in [0.25, 0.3) is 0 Å². The van der Waals surface area contributed by atoms with Gasteiger partial charge >= 0.3 is 6.09 Å². The van der Waals surface area contributed by atoms with Crippen LogP contribution in [0.15, 0.2) is 29.2 Å². The van der Waals surface area contributed by atoms with E-state index >= 15 is 0 Å². The maximum absolute atomic E-state index is 14.1. The van der Waals surface area contributed by atoms with Crippen LogP contribution in [-0.2, 0) is 24.3 Å². The van der Waals surface area contributed by atoms with Gasteiger partial charge < -0.3 is 19.3 Å². The Morgan fingerprint density at radius 1 is 1.08 bits per heavy atom. The first-order chi connectivity index (χ1) is 18.1. The van der Waals surface area contributed by atoms with Crippen LogP contribution in [0.2, 0.25) is 5.02 Å². The molecule has 1 aromatic carbocycles. The number of nitrogens with zero attached hydrogens (tertiary/aromatic N) is 3. The van der Waals surface area contributed by atoms with Crippen molar-refractivity contribution in [3.8, 4) is 0 Å². The molecule has 2 saturated carbocycles. The number of amides is 2. The van der Waals surface area contributed by atoms with E-state index in [1.807, 2.05) is 13.8 Å². The summed E-state index contributed by atoms with van der Waals surface area (Å²) in [4.78, 5) is 29.4. The Kier molecular flexibility index (Phi) is 7.72. The van der Waals surface area contributed by atoms with Crippen molar-refractivity contribution in [1.82, 2.24) is 14.1 Å². The summed E-state index contributed by atoms with van der Waals surface area (Å²) in [7, 11) is -3.89. The topological polar surface area (TPSA) is 96.5 Å². The minimum absolute atomic E-state index is 0.00765. The highest BCUT2D eigenvalue weighted by Crippen LogP contribution is 2.49. The summed E-state index contributed by atoms with van der Waals surface area (Å²) in [5.41, 5.74) is -0.933. The van der Waals surface area contributed by atoms with Gasteiger partial charge in [-0.25, -0.2) is 13.2 Å². The second-order valence-electron chi connectivity index (χ2n) is 11.3. The summed E-state index contributed by atoms with van der Waals surface area (Å²) in [5.74, 6) is 0.485. The molecule has 2 saturated heterocycles. The van der Waals surface area contributed by atoms with Crippen LogP contribution < -0.4 is 0 Å². The van der Waals surface area contributed by atoms with E-state index in [9.17, 15) is 18.0 Å². The molecule has 0 spiro atoms. The van der Waals surface area contributed by atoms with E-state index in [1.165, 1.54) is 12.1 Å². The Morgan fingerprint density at radius 3 is 2.34 bits per heavy atom. The van der Waals surface area contributed by atoms with Crippen LogP contribution in [0.3, 0.4) is 0 Å². The summed E-state index contributed by atoms with van der Waals surface area (Å²) in [6.07, 6.45) is 4.32. The standard InChI is InChI=1S/C27H38ClN3O6S/c1-4-22-15-29(19(3)32)18(2)14-30(22)26(33)37-27(11-12-27)25-17-36-16-23(13-20-5-6-20)31(25)38(34,35)24-9-7-21(28)8-10-24/h7-10,18,20,22-23,25H,4-6,11-17H2,1-3H3/t18-,22+,23-,25-/m1/s1. The number of morpholine rings is 1. The van der Waals surface area contributed by atoms with Crippen molar-refractivity contribution in [2.75, 3.05) is 26.3 Å². The van der Waals surface area contributed by atoms with Crippen LogP contribution in [0.4, 0.5) is 4.79 Å². The minimum atomic E-state index is -3.89. The van der Waals surface area contributed by atoms with Crippen molar-refractivity contribution >= 4 is 33.6 Å². The van der Waals surface area contributed by atoms with Gasteiger partial charge in [-0.15, -0.1) is 0 Å². The first-order valence-corrected chi connectivity index (χ1v) is 15.5. The average Bonchev–Trinajstić information content (AvgIpc) is 3.81. The van der Waals surface area contributed by atoms with Crippen molar-refractivity contribution in [2.24, 2.45) is 5.92 Å². The van der Waals surface area contributed by atoms with Crippen molar-refractivity contribution in [3.63, 3.8) is 0 Å². The third-order valence-corrected chi connectivity index (χ3v) is 10.8. The Labute approximate surface area is 230 Å². The number of ether oxygens (including phenoxy) is 2. The first kappa shape index (κ1) is 27.7. The smallest absolute Gasteiger partial charge is 0.410 e. The van der Waals surface area contributed by atoms with Crippen molar-refractivity contribution in [3.05, 3.63) is 29.3 Å². The number of hydrogen-bond donors (Lipinski definition) is 0. The Morgan fingerprint density at radius 2 is 1.76 bits per heavy atom. The van der Waals surface area contributed by atoms with Gasteiger partial charge in [0.05, 0.1) is 30.2 Å². The molecular formula is C27H38ClN3O6S. The summed E-state index contributed by atoms with van der Waals surface area (Å²) < 4.78 is 41.9. The Balaban J connectivity index is 1.41. The molecule has 0 N–H and O–H groups in total. The summed E-state index contributed by atoms with van der Waals surface area (Å²) >= 11 is 6.04. The van der Waals surface area contributed by atoms with Crippen LogP contribution in [0.1, 0.15) is 59.3 Å². The molecule has 0 unspecified atom stereocenters. The summed E-state index contributed by atoms with van der Waals surface area (Å²) in [6.45, 7) is 6.81. The van der Waals surface area contributed by atoms with E-state index in [0.717, 1.165) is 19.3 Å². The van der Waals surface area contributed by atoms with Gasteiger partial charge in [0.2, 0.25) is 15.9 Å². The molecule has 4 fully saturated rings. The van der Waals surface area contributed by atoms with E-state index in [1.54, 1.807) is 33.2 Å². The van der Waals surface area contributed by atoms with Crippen molar-refractivity contribution in [1.29, 1.82) is 0 Å². The largest absolute Gasteiger partial charge is 0.441 e. The second kappa shape index (κ2) is 10.6. The third kappa shape index (κ3) is 5.42.